The Kier molecular flexibility index (Phi) is 7.91. The molecule has 184 valence electrons. The van der Waals surface area contributed by atoms with Crippen LogP contribution in [0.5, 0.6) is 0 Å². The van der Waals surface area contributed by atoms with E-state index >= 15 is 0 Å². The number of carboxylic acid groups (broad SMARTS) is 1. The number of rotatable bonds is 9. The van der Waals surface area contributed by atoms with Crippen LogP contribution in [0.3, 0.4) is 0 Å². The molecule has 0 fully saturated rings. The minimum Gasteiger partial charge on any atom is -0.481 e. The van der Waals surface area contributed by atoms with Crippen LogP contribution in [0.25, 0.3) is 0 Å². The Balaban J connectivity index is 1.57. The van der Waals surface area contributed by atoms with E-state index in [1.807, 2.05) is 37.4 Å². The van der Waals surface area contributed by atoms with Crippen molar-refractivity contribution in [1.29, 1.82) is 0 Å². The highest BCUT2D eigenvalue weighted by Gasteiger charge is 2.21. The van der Waals surface area contributed by atoms with Crippen LogP contribution in [-0.4, -0.2) is 29.5 Å². The van der Waals surface area contributed by atoms with E-state index in [0.29, 0.717) is 22.9 Å². The van der Waals surface area contributed by atoms with Gasteiger partial charge in [-0.05, 0) is 96.4 Å². The molecule has 3 aromatic carbocycles. The van der Waals surface area contributed by atoms with Gasteiger partial charge in [0, 0.05) is 29.4 Å². The molecule has 35 heavy (non-hydrogen) atoms. The number of benzene rings is 3. The molecule has 0 amide bonds. The van der Waals surface area contributed by atoms with Gasteiger partial charge < -0.3 is 15.8 Å². The number of nitrogens with two attached hydrogens (primary N) is 2. The lowest BCUT2D eigenvalue weighted by Gasteiger charge is -2.22. The van der Waals surface area contributed by atoms with Gasteiger partial charge in [-0.1, -0.05) is 35.9 Å². The van der Waals surface area contributed by atoms with Crippen molar-refractivity contribution in [3.8, 4) is 0 Å². The van der Waals surface area contributed by atoms with Crippen molar-refractivity contribution < 1.29 is 9.90 Å². The van der Waals surface area contributed by atoms with Gasteiger partial charge >= 0.3 is 5.97 Å². The fraction of sp³-hybridized carbons (Fsp3) is 0.296. The van der Waals surface area contributed by atoms with Crippen LogP contribution in [0.2, 0.25) is 5.02 Å². The fourth-order valence-corrected chi connectivity index (χ4v) is 5.77. The third-order valence-corrected chi connectivity index (χ3v) is 7.68. The van der Waals surface area contributed by atoms with E-state index in [0.717, 1.165) is 23.1 Å². The predicted octanol–water partition coefficient (Wildman–Crippen LogP) is 5.47. The maximum atomic E-state index is 11.7. The standard InChI is InChI=1S/C27H31ClN4O2S/c1-31(35-22-9-6-17-4-3-5-18(17)13-22)16-21-12-19(7-10-24(21)28)23(15-27(33)34)20-8-11-26(32(2)30)25(29)14-20/h6-14,23H,3-5,15-16,29-30H2,1-2H3,(H,33,34). The number of hydrogen-bond acceptors (Lipinski definition) is 6. The van der Waals surface area contributed by atoms with Gasteiger partial charge in [0.25, 0.3) is 0 Å². The number of nitrogen functional groups attached to an aromatic ring is 1. The largest absolute Gasteiger partial charge is 0.481 e. The number of anilines is 2. The van der Waals surface area contributed by atoms with E-state index in [4.69, 9.17) is 23.2 Å². The first-order chi connectivity index (χ1) is 16.7. The Morgan fingerprint density at radius 2 is 1.77 bits per heavy atom. The smallest absolute Gasteiger partial charge is 0.304 e. The lowest BCUT2D eigenvalue weighted by Crippen LogP contribution is -2.26. The van der Waals surface area contributed by atoms with Crippen molar-refractivity contribution in [3.63, 3.8) is 0 Å². The average molecular weight is 511 g/mol. The molecule has 1 unspecified atom stereocenters. The summed E-state index contributed by atoms with van der Waals surface area (Å²) in [6, 6.07) is 18.0. The van der Waals surface area contributed by atoms with E-state index in [-0.39, 0.29) is 12.3 Å². The molecule has 3 aromatic rings. The molecular formula is C27H31ClN4O2S. The van der Waals surface area contributed by atoms with Gasteiger partial charge in [0.05, 0.1) is 17.8 Å². The van der Waals surface area contributed by atoms with Crippen LogP contribution >= 0.6 is 23.5 Å². The molecular weight excluding hydrogens is 480 g/mol. The van der Waals surface area contributed by atoms with Gasteiger partial charge in [0.2, 0.25) is 0 Å². The van der Waals surface area contributed by atoms with E-state index in [1.54, 1.807) is 25.1 Å². The van der Waals surface area contributed by atoms with Crippen LogP contribution in [-0.2, 0) is 24.2 Å². The molecule has 1 aliphatic rings. The van der Waals surface area contributed by atoms with Crippen molar-refractivity contribution >= 4 is 40.9 Å². The summed E-state index contributed by atoms with van der Waals surface area (Å²) in [5.74, 6) is 4.59. The first-order valence-corrected chi connectivity index (χ1v) is 12.7. The summed E-state index contributed by atoms with van der Waals surface area (Å²) in [5, 5.41) is 11.7. The third kappa shape index (κ3) is 6.11. The number of nitrogens with zero attached hydrogens (tertiary/aromatic N) is 2. The summed E-state index contributed by atoms with van der Waals surface area (Å²) >= 11 is 8.25. The van der Waals surface area contributed by atoms with Crippen molar-refractivity contribution in [2.24, 2.45) is 5.84 Å². The maximum Gasteiger partial charge on any atom is 0.304 e. The number of halogens is 1. The Bertz CT molecular complexity index is 1230. The van der Waals surface area contributed by atoms with Crippen molar-refractivity contribution in [1.82, 2.24) is 4.31 Å². The second-order valence-corrected chi connectivity index (χ2v) is 10.8. The van der Waals surface area contributed by atoms with Gasteiger partial charge in [-0.2, -0.15) is 0 Å². The van der Waals surface area contributed by atoms with E-state index in [9.17, 15) is 9.90 Å². The zero-order valence-electron chi connectivity index (χ0n) is 20.0. The molecule has 5 N–H and O–H groups in total. The summed E-state index contributed by atoms with van der Waals surface area (Å²) < 4.78 is 2.15. The van der Waals surface area contributed by atoms with Gasteiger partial charge in [0.1, 0.15) is 0 Å². The highest BCUT2D eigenvalue weighted by Crippen LogP contribution is 2.35. The summed E-state index contributed by atoms with van der Waals surface area (Å²) in [6.45, 7) is 0.618. The monoisotopic (exact) mass is 510 g/mol. The predicted molar refractivity (Wildman–Crippen MR) is 145 cm³/mol. The first-order valence-electron chi connectivity index (χ1n) is 11.6. The molecule has 0 radical (unpaired) electrons. The second kappa shape index (κ2) is 10.9. The van der Waals surface area contributed by atoms with Gasteiger partial charge in [-0.25, -0.2) is 10.1 Å². The van der Waals surface area contributed by atoms with Gasteiger partial charge in [-0.3, -0.25) is 4.79 Å². The number of carboxylic acids is 1. The molecule has 0 saturated heterocycles. The average Bonchev–Trinajstić information content (AvgIpc) is 3.26. The minimum atomic E-state index is -0.880. The number of hydrazine groups is 1. The molecule has 1 aliphatic carbocycles. The quantitative estimate of drug-likeness (QED) is 0.152. The number of carbonyl (C=O) groups is 1. The number of hydrogen-bond donors (Lipinski definition) is 3. The second-order valence-electron chi connectivity index (χ2n) is 9.09. The van der Waals surface area contributed by atoms with Crippen molar-refractivity contribution in [2.75, 3.05) is 24.8 Å². The van der Waals surface area contributed by atoms with Crippen LogP contribution in [0.1, 0.15) is 46.6 Å². The molecule has 0 aliphatic heterocycles. The Morgan fingerprint density at radius 1 is 1.06 bits per heavy atom. The topological polar surface area (TPSA) is 95.8 Å². The number of aliphatic carboxylic acids is 1. The van der Waals surface area contributed by atoms with E-state index in [2.05, 4.69) is 22.5 Å². The van der Waals surface area contributed by atoms with Crippen LogP contribution in [0, 0.1) is 0 Å². The SMILES string of the molecule is CN(Cc1cc(C(CC(=O)O)c2ccc(N(C)N)c(N)c2)ccc1Cl)Sc1ccc2c(c1)CCC2. The van der Waals surface area contributed by atoms with Crippen molar-refractivity contribution in [2.45, 2.75) is 43.0 Å². The molecule has 0 spiro atoms. The number of fused-ring (bicyclic) bond motifs is 1. The number of aryl methyl sites for hydroxylation is 2. The summed E-state index contributed by atoms with van der Waals surface area (Å²) in [4.78, 5) is 12.9. The first kappa shape index (κ1) is 25.4. The highest BCUT2D eigenvalue weighted by atomic mass is 35.5. The summed E-state index contributed by atoms with van der Waals surface area (Å²) in [7, 11) is 3.75. The lowest BCUT2D eigenvalue weighted by molar-refractivity contribution is -0.137. The fourth-order valence-electron chi connectivity index (χ4n) is 4.70. The minimum absolute atomic E-state index is 0.0575. The van der Waals surface area contributed by atoms with E-state index in [1.165, 1.54) is 33.9 Å². The highest BCUT2D eigenvalue weighted by molar-refractivity contribution is 7.97. The molecule has 0 bridgehead atoms. The zero-order chi connectivity index (χ0) is 25.1. The normalized spacial score (nSPS) is 13.6. The van der Waals surface area contributed by atoms with Crippen molar-refractivity contribution in [3.05, 3.63) is 87.4 Å². The summed E-state index contributed by atoms with van der Waals surface area (Å²) in [5.41, 5.74) is 13.0. The molecule has 6 nitrogen and oxygen atoms in total. The molecule has 0 saturated carbocycles. The molecule has 1 atom stereocenters. The van der Waals surface area contributed by atoms with E-state index < -0.39 is 5.97 Å². The Morgan fingerprint density at radius 3 is 2.49 bits per heavy atom. The molecule has 0 aromatic heterocycles. The Hall–Kier alpha value is -2.71. The Labute approximate surface area is 216 Å². The lowest BCUT2D eigenvalue weighted by atomic mass is 9.87. The zero-order valence-corrected chi connectivity index (χ0v) is 21.6. The molecule has 8 heteroatoms. The maximum absolute atomic E-state index is 11.7. The van der Waals surface area contributed by atoms with Gasteiger partial charge in [-0.15, -0.1) is 0 Å². The van der Waals surface area contributed by atoms with Crippen LogP contribution < -0.4 is 16.6 Å². The summed E-state index contributed by atoms with van der Waals surface area (Å²) in [6.07, 6.45) is 3.50. The van der Waals surface area contributed by atoms with Crippen LogP contribution in [0.4, 0.5) is 11.4 Å². The third-order valence-electron chi connectivity index (χ3n) is 6.41. The van der Waals surface area contributed by atoms with Crippen LogP contribution in [0.15, 0.2) is 59.5 Å². The molecule has 0 heterocycles. The van der Waals surface area contributed by atoms with Gasteiger partial charge in [0.15, 0.2) is 0 Å². The molecule has 4 rings (SSSR count).